The van der Waals surface area contributed by atoms with Crippen LogP contribution in [0.2, 0.25) is 0 Å². The van der Waals surface area contributed by atoms with Crippen LogP contribution in [-0.2, 0) is 11.3 Å². The monoisotopic (exact) mass is 265 g/mol. The predicted molar refractivity (Wildman–Crippen MR) is 63.0 cm³/mol. The summed E-state index contributed by atoms with van der Waals surface area (Å²) in [7, 11) is 0. The maximum absolute atomic E-state index is 13.1. The first-order valence-electron chi connectivity index (χ1n) is 5.64. The molecule has 0 radical (unpaired) electrons. The van der Waals surface area contributed by atoms with Gasteiger partial charge in [0, 0.05) is 0 Å². The van der Waals surface area contributed by atoms with E-state index < -0.39 is 11.9 Å². The standard InChI is InChI=1S/C11H12FN5O2/c1-2-19-11(18)13-7-10-14-15-16-17(10)9-5-3-4-8(12)6-9/h3-6H,2,7H2,1H3,(H,13,18). The fourth-order valence-electron chi connectivity index (χ4n) is 1.46. The molecule has 0 unspecified atom stereocenters. The third-order valence-corrected chi connectivity index (χ3v) is 2.25. The number of aromatic nitrogens is 4. The Morgan fingerprint density at radius 1 is 1.53 bits per heavy atom. The number of carbonyl (C=O) groups excluding carboxylic acids is 1. The van der Waals surface area contributed by atoms with Crippen molar-refractivity contribution in [3.8, 4) is 5.69 Å². The minimum absolute atomic E-state index is 0.0857. The minimum Gasteiger partial charge on any atom is -0.450 e. The lowest BCUT2D eigenvalue weighted by Gasteiger charge is -2.06. The van der Waals surface area contributed by atoms with Gasteiger partial charge in [-0.25, -0.2) is 9.18 Å². The molecule has 0 saturated heterocycles. The van der Waals surface area contributed by atoms with Gasteiger partial charge in [0.25, 0.3) is 0 Å². The van der Waals surface area contributed by atoms with Gasteiger partial charge in [0.05, 0.1) is 18.8 Å². The van der Waals surface area contributed by atoms with Gasteiger partial charge in [-0.05, 0) is 35.5 Å². The normalized spacial score (nSPS) is 10.2. The third kappa shape index (κ3) is 3.24. The van der Waals surface area contributed by atoms with Crippen molar-refractivity contribution in [2.24, 2.45) is 0 Å². The molecule has 1 aromatic carbocycles. The Kier molecular flexibility index (Phi) is 4.01. The number of hydrogen-bond donors (Lipinski definition) is 1. The van der Waals surface area contributed by atoms with Gasteiger partial charge in [-0.2, -0.15) is 4.68 Å². The smallest absolute Gasteiger partial charge is 0.407 e. The molecule has 1 N–H and O–H groups in total. The van der Waals surface area contributed by atoms with Crippen LogP contribution in [0.4, 0.5) is 9.18 Å². The second kappa shape index (κ2) is 5.89. The molecule has 1 amide bonds. The molecule has 2 aromatic rings. The van der Waals surface area contributed by atoms with Gasteiger partial charge < -0.3 is 10.1 Å². The van der Waals surface area contributed by atoms with Gasteiger partial charge in [-0.15, -0.1) is 5.10 Å². The maximum Gasteiger partial charge on any atom is 0.407 e. The van der Waals surface area contributed by atoms with E-state index in [1.54, 1.807) is 19.1 Å². The van der Waals surface area contributed by atoms with Crippen molar-refractivity contribution >= 4 is 6.09 Å². The van der Waals surface area contributed by atoms with E-state index in [1.807, 2.05) is 0 Å². The number of nitrogens with zero attached hydrogens (tertiary/aromatic N) is 4. The van der Waals surface area contributed by atoms with Crippen molar-refractivity contribution in [3.63, 3.8) is 0 Å². The number of nitrogens with one attached hydrogen (secondary N) is 1. The average Bonchev–Trinajstić information content (AvgIpc) is 2.85. The van der Waals surface area contributed by atoms with Crippen LogP contribution in [0, 0.1) is 5.82 Å². The Hall–Kier alpha value is -2.51. The van der Waals surface area contributed by atoms with Crippen molar-refractivity contribution in [1.82, 2.24) is 25.5 Å². The number of alkyl carbamates (subject to hydrolysis) is 1. The summed E-state index contributed by atoms with van der Waals surface area (Å²) < 4.78 is 19.2. The van der Waals surface area contributed by atoms with Crippen LogP contribution in [-0.4, -0.2) is 32.9 Å². The SMILES string of the molecule is CCOC(=O)NCc1nnnn1-c1cccc(F)c1. The Labute approximate surface area is 108 Å². The van der Waals surface area contributed by atoms with E-state index in [2.05, 4.69) is 20.8 Å². The summed E-state index contributed by atoms with van der Waals surface area (Å²) in [5.74, 6) is -0.0176. The second-order valence-corrected chi connectivity index (χ2v) is 3.56. The molecule has 0 aliphatic heterocycles. The Morgan fingerprint density at radius 2 is 2.37 bits per heavy atom. The summed E-state index contributed by atoms with van der Waals surface area (Å²) in [6, 6.07) is 5.83. The summed E-state index contributed by atoms with van der Waals surface area (Å²) >= 11 is 0. The quantitative estimate of drug-likeness (QED) is 0.893. The lowest BCUT2D eigenvalue weighted by atomic mass is 10.3. The summed E-state index contributed by atoms with van der Waals surface area (Å²) in [6.07, 6.45) is -0.559. The molecule has 0 bridgehead atoms. The van der Waals surface area contributed by atoms with E-state index in [-0.39, 0.29) is 13.2 Å². The summed E-state index contributed by atoms with van der Waals surface area (Å²) in [5, 5.41) is 13.5. The number of hydrogen-bond acceptors (Lipinski definition) is 5. The lowest BCUT2D eigenvalue weighted by Crippen LogP contribution is -2.25. The molecule has 0 aliphatic rings. The van der Waals surface area contributed by atoms with Gasteiger partial charge in [0.1, 0.15) is 5.82 Å². The number of amides is 1. The number of halogens is 1. The summed E-state index contributed by atoms with van der Waals surface area (Å²) in [5.41, 5.74) is 0.477. The Bertz CT molecular complexity index is 572. The zero-order chi connectivity index (χ0) is 13.7. The average molecular weight is 265 g/mol. The van der Waals surface area contributed by atoms with Gasteiger partial charge >= 0.3 is 6.09 Å². The van der Waals surface area contributed by atoms with Crippen LogP contribution in [0.3, 0.4) is 0 Å². The van der Waals surface area contributed by atoms with E-state index >= 15 is 0 Å². The van der Waals surface area contributed by atoms with E-state index in [0.717, 1.165) is 0 Å². The molecule has 7 nitrogen and oxygen atoms in total. The molecular weight excluding hydrogens is 253 g/mol. The molecule has 0 saturated carbocycles. The Morgan fingerprint density at radius 3 is 3.11 bits per heavy atom. The molecule has 2 rings (SSSR count). The van der Waals surface area contributed by atoms with Crippen molar-refractivity contribution in [3.05, 3.63) is 35.9 Å². The lowest BCUT2D eigenvalue weighted by molar-refractivity contribution is 0.151. The second-order valence-electron chi connectivity index (χ2n) is 3.56. The van der Waals surface area contributed by atoms with Crippen LogP contribution < -0.4 is 5.32 Å². The van der Waals surface area contributed by atoms with Gasteiger partial charge in [-0.3, -0.25) is 0 Å². The van der Waals surface area contributed by atoms with E-state index in [4.69, 9.17) is 4.74 Å². The molecule has 100 valence electrons. The molecule has 19 heavy (non-hydrogen) atoms. The highest BCUT2D eigenvalue weighted by atomic mass is 19.1. The van der Waals surface area contributed by atoms with E-state index in [1.165, 1.54) is 16.8 Å². The van der Waals surface area contributed by atoms with Crippen LogP contribution in [0.15, 0.2) is 24.3 Å². The fourth-order valence-corrected chi connectivity index (χ4v) is 1.46. The van der Waals surface area contributed by atoms with Crippen LogP contribution in [0.5, 0.6) is 0 Å². The van der Waals surface area contributed by atoms with Crippen molar-refractivity contribution in [2.75, 3.05) is 6.61 Å². The molecule has 8 heteroatoms. The number of rotatable bonds is 4. The van der Waals surface area contributed by atoms with E-state index in [0.29, 0.717) is 11.5 Å². The van der Waals surface area contributed by atoms with Gasteiger partial charge in [0.15, 0.2) is 5.82 Å². The van der Waals surface area contributed by atoms with E-state index in [9.17, 15) is 9.18 Å². The number of benzene rings is 1. The fraction of sp³-hybridized carbons (Fsp3) is 0.273. The topological polar surface area (TPSA) is 81.9 Å². The minimum atomic E-state index is -0.559. The van der Waals surface area contributed by atoms with Crippen LogP contribution >= 0.6 is 0 Å². The van der Waals surface area contributed by atoms with Crippen LogP contribution in [0.25, 0.3) is 5.69 Å². The Balaban J connectivity index is 2.12. The zero-order valence-electron chi connectivity index (χ0n) is 10.2. The molecular formula is C11H12FN5O2. The number of tetrazole rings is 1. The summed E-state index contributed by atoms with van der Waals surface area (Å²) in [4.78, 5) is 11.2. The van der Waals surface area contributed by atoms with Gasteiger partial charge in [-0.1, -0.05) is 6.07 Å². The first-order valence-corrected chi connectivity index (χ1v) is 5.64. The highest BCUT2D eigenvalue weighted by molar-refractivity contribution is 5.66. The molecule has 0 atom stereocenters. The third-order valence-electron chi connectivity index (χ3n) is 2.25. The number of carbonyl (C=O) groups is 1. The molecule has 0 aliphatic carbocycles. The molecule has 1 aromatic heterocycles. The number of ether oxygens (including phenoxy) is 1. The first-order chi connectivity index (χ1) is 9.20. The largest absolute Gasteiger partial charge is 0.450 e. The van der Waals surface area contributed by atoms with Crippen molar-refractivity contribution < 1.29 is 13.9 Å². The highest BCUT2D eigenvalue weighted by Gasteiger charge is 2.10. The van der Waals surface area contributed by atoms with Gasteiger partial charge in [0.2, 0.25) is 0 Å². The molecule has 0 fully saturated rings. The highest BCUT2D eigenvalue weighted by Crippen LogP contribution is 2.09. The van der Waals surface area contributed by atoms with Crippen molar-refractivity contribution in [2.45, 2.75) is 13.5 Å². The predicted octanol–water partition coefficient (Wildman–Crippen LogP) is 1.05. The first kappa shape index (κ1) is 12.9. The molecule has 0 spiro atoms. The summed E-state index contributed by atoms with van der Waals surface area (Å²) in [6.45, 7) is 2.07. The molecule has 1 heterocycles. The zero-order valence-corrected chi connectivity index (χ0v) is 10.2. The van der Waals surface area contributed by atoms with Crippen molar-refractivity contribution in [1.29, 1.82) is 0 Å². The van der Waals surface area contributed by atoms with Crippen LogP contribution in [0.1, 0.15) is 12.7 Å². The maximum atomic E-state index is 13.1.